The summed E-state index contributed by atoms with van der Waals surface area (Å²) in [6, 6.07) is 16.6. The van der Waals surface area contributed by atoms with E-state index < -0.39 is 11.8 Å². The van der Waals surface area contributed by atoms with Crippen LogP contribution in [0, 0.1) is 11.8 Å². The highest BCUT2D eigenvalue weighted by Crippen LogP contribution is 2.17. The minimum atomic E-state index is -0.619. The van der Waals surface area contributed by atoms with Crippen molar-refractivity contribution in [3.05, 3.63) is 112 Å². The molecular weight excluding hydrogens is 548 g/mol. The van der Waals surface area contributed by atoms with E-state index in [2.05, 4.69) is 27.0 Å². The number of carbonyl (C=O) groups excluding carboxylic acids is 2. The van der Waals surface area contributed by atoms with Crippen LogP contribution in [0.5, 0.6) is 0 Å². The summed E-state index contributed by atoms with van der Waals surface area (Å²) in [7, 11) is 0. The molecular formula is C30H26N10O3. The molecule has 4 aromatic heterocycles. The van der Waals surface area contributed by atoms with Gasteiger partial charge in [-0.15, -0.1) is 5.10 Å². The van der Waals surface area contributed by atoms with Crippen LogP contribution >= 0.6 is 0 Å². The summed E-state index contributed by atoms with van der Waals surface area (Å²) in [5.41, 5.74) is 18.8. The van der Waals surface area contributed by atoms with Crippen molar-refractivity contribution in [3.63, 3.8) is 0 Å². The van der Waals surface area contributed by atoms with Crippen LogP contribution in [0.15, 0.2) is 84.2 Å². The molecule has 0 aliphatic heterocycles. The molecule has 6 N–H and O–H groups in total. The highest BCUT2D eigenvalue weighted by Gasteiger charge is 2.16. The monoisotopic (exact) mass is 574 g/mol. The summed E-state index contributed by atoms with van der Waals surface area (Å²) in [4.78, 5) is 44.1. The van der Waals surface area contributed by atoms with Gasteiger partial charge >= 0.3 is 0 Å². The number of hydrogen-bond acceptors (Lipinski definition) is 8. The van der Waals surface area contributed by atoms with Crippen molar-refractivity contribution >= 4 is 34.2 Å². The lowest BCUT2D eigenvalue weighted by atomic mass is 10.1. The maximum absolute atomic E-state index is 13.5. The first-order valence-corrected chi connectivity index (χ1v) is 13.1. The third-order valence-electron chi connectivity index (χ3n) is 6.26. The third kappa shape index (κ3) is 5.93. The fourth-order valence-corrected chi connectivity index (χ4v) is 4.41. The predicted octanol–water partition coefficient (Wildman–Crippen LogP) is 1.44. The molecule has 0 aliphatic rings. The number of nitrogen functional groups attached to an aromatic ring is 1. The molecule has 214 valence electrons. The average molecular weight is 575 g/mol. The quantitative estimate of drug-likeness (QED) is 0.257. The standard InChI is InChI=1S/C23H19N5O2.C7H7N5O/c1-2-21-26-19-10-6-7-17(12-11-16-13-25-27(14-16)15-20(24)29)22(19)23(30)28(21)18-8-4-3-5-9-18;8-5-4(6(9)13)7-10-2-1-3-12(7)11-5/h3-10,13-14H,2,15H2,1H3,(H2,24,29);1-3H,(H2,8,11)(H2,9,13). The average Bonchev–Trinajstić information content (AvgIpc) is 3.58. The summed E-state index contributed by atoms with van der Waals surface area (Å²) in [5, 5.41) is 8.39. The zero-order chi connectivity index (χ0) is 30.5. The van der Waals surface area contributed by atoms with Crippen molar-refractivity contribution in [1.82, 2.24) is 33.9 Å². The van der Waals surface area contributed by atoms with Crippen LogP contribution in [0.4, 0.5) is 5.82 Å². The number of nitrogens with zero attached hydrogens (tertiary/aromatic N) is 7. The molecule has 2 amide bonds. The number of fused-ring (bicyclic) bond motifs is 2. The number of primary amides is 2. The van der Waals surface area contributed by atoms with Crippen LogP contribution in [0.1, 0.15) is 34.2 Å². The van der Waals surface area contributed by atoms with Crippen molar-refractivity contribution in [3.8, 4) is 17.5 Å². The minimum absolute atomic E-state index is 0.0125. The molecule has 0 fully saturated rings. The molecule has 0 atom stereocenters. The smallest absolute Gasteiger partial charge is 0.267 e. The largest absolute Gasteiger partial charge is 0.381 e. The molecule has 0 unspecified atom stereocenters. The normalized spacial score (nSPS) is 10.5. The van der Waals surface area contributed by atoms with Gasteiger partial charge in [-0.1, -0.05) is 43.0 Å². The Balaban J connectivity index is 0.000000235. The van der Waals surface area contributed by atoms with Crippen molar-refractivity contribution in [2.75, 3.05) is 5.73 Å². The molecule has 0 saturated carbocycles. The molecule has 2 aromatic carbocycles. The first kappa shape index (κ1) is 28.2. The van der Waals surface area contributed by atoms with E-state index in [1.165, 1.54) is 9.20 Å². The summed E-state index contributed by atoms with van der Waals surface area (Å²) in [6.07, 6.45) is 7.00. The van der Waals surface area contributed by atoms with Gasteiger partial charge in [0, 0.05) is 30.6 Å². The van der Waals surface area contributed by atoms with E-state index in [0.29, 0.717) is 39.9 Å². The molecule has 0 radical (unpaired) electrons. The molecule has 0 aliphatic carbocycles. The second kappa shape index (κ2) is 12.1. The SMILES string of the molecule is CCc1nc2cccc(C#Cc3cnn(CC(N)=O)c3)c2c(=O)n1-c1ccccc1.NC(=O)c1c(N)nn2cccnc12. The number of amides is 2. The van der Waals surface area contributed by atoms with Crippen LogP contribution < -0.4 is 22.8 Å². The topological polar surface area (TPSA) is 195 Å². The van der Waals surface area contributed by atoms with E-state index in [4.69, 9.17) is 22.2 Å². The lowest BCUT2D eigenvalue weighted by Crippen LogP contribution is -2.24. The highest BCUT2D eigenvalue weighted by atomic mass is 16.1. The number of para-hydroxylation sites is 1. The molecule has 0 bridgehead atoms. The van der Waals surface area contributed by atoms with Crippen molar-refractivity contribution in [2.45, 2.75) is 19.9 Å². The summed E-state index contributed by atoms with van der Waals surface area (Å²) in [6.45, 7) is 1.96. The number of hydrogen-bond donors (Lipinski definition) is 3. The Morgan fingerprint density at radius 1 is 1.00 bits per heavy atom. The zero-order valence-electron chi connectivity index (χ0n) is 23.0. The number of carbonyl (C=O) groups is 2. The minimum Gasteiger partial charge on any atom is -0.381 e. The highest BCUT2D eigenvalue weighted by molar-refractivity contribution is 6.03. The molecule has 0 spiro atoms. The number of aromatic nitrogens is 7. The number of benzene rings is 2. The number of nitrogens with two attached hydrogens (primary N) is 3. The van der Waals surface area contributed by atoms with Gasteiger partial charge in [-0.2, -0.15) is 5.10 Å². The summed E-state index contributed by atoms with van der Waals surface area (Å²) < 4.78 is 4.47. The van der Waals surface area contributed by atoms with Gasteiger partial charge in [-0.05, 0) is 30.3 Å². The Morgan fingerprint density at radius 2 is 1.79 bits per heavy atom. The van der Waals surface area contributed by atoms with Gasteiger partial charge in [0.25, 0.3) is 11.5 Å². The molecule has 6 aromatic rings. The maximum atomic E-state index is 13.5. The van der Waals surface area contributed by atoms with Gasteiger partial charge in [0.1, 0.15) is 17.9 Å². The Morgan fingerprint density at radius 3 is 2.51 bits per heavy atom. The maximum Gasteiger partial charge on any atom is 0.267 e. The van der Waals surface area contributed by atoms with Crippen LogP contribution in [-0.4, -0.2) is 45.7 Å². The molecule has 0 saturated heterocycles. The van der Waals surface area contributed by atoms with Gasteiger partial charge in [0.15, 0.2) is 11.5 Å². The number of rotatable bonds is 5. The third-order valence-corrected chi connectivity index (χ3v) is 6.26. The second-order valence-electron chi connectivity index (χ2n) is 9.21. The Hall–Kier alpha value is -6.29. The lowest BCUT2D eigenvalue weighted by molar-refractivity contribution is -0.118. The Kier molecular flexibility index (Phi) is 7.93. The number of anilines is 1. The van der Waals surface area contributed by atoms with Gasteiger partial charge in [0.2, 0.25) is 5.91 Å². The van der Waals surface area contributed by atoms with Gasteiger partial charge in [0.05, 0.1) is 28.4 Å². The molecule has 4 heterocycles. The van der Waals surface area contributed by atoms with Crippen LogP contribution in [0.2, 0.25) is 0 Å². The van der Waals surface area contributed by atoms with E-state index in [1.54, 1.807) is 41.5 Å². The fraction of sp³-hybridized carbons (Fsp3) is 0.100. The van der Waals surface area contributed by atoms with Gasteiger partial charge < -0.3 is 17.2 Å². The second-order valence-corrected chi connectivity index (χ2v) is 9.21. The van der Waals surface area contributed by atoms with Gasteiger partial charge in [-0.25, -0.2) is 14.5 Å². The Bertz CT molecular complexity index is 2100. The van der Waals surface area contributed by atoms with Crippen LogP contribution in [0.25, 0.3) is 22.2 Å². The van der Waals surface area contributed by atoms with E-state index in [0.717, 1.165) is 5.69 Å². The Labute approximate surface area is 244 Å². The van der Waals surface area contributed by atoms with Gasteiger partial charge in [-0.3, -0.25) is 23.6 Å². The first-order valence-electron chi connectivity index (χ1n) is 13.1. The van der Waals surface area contributed by atoms with Crippen LogP contribution in [-0.2, 0) is 17.8 Å². The van der Waals surface area contributed by atoms with E-state index >= 15 is 0 Å². The lowest BCUT2D eigenvalue weighted by Gasteiger charge is -2.13. The molecule has 6 rings (SSSR count). The first-order chi connectivity index (χ1) is 20.8. The van der Waals surface area contributed by atoms with E-state index in [9.17, 15) is 14.4 Å². The summed E-state index contributed by atoms with van der Waals surface area (Å²) >= 11 is 0. The van der Waals surface area contributed by atoms with Crippen LogP contribution in [0.3, 0.4) is 0 Å². The molecule has 13 nitrogen and oxygen atoms in total. The van der Waals surface area contributed by atoms with Crippen molar-refractivity contribution < 1.29 is 9.59 Å². The number of aryl methyl sites for hydroxylation is 1. The molecule has 13 heteroatoms. The predicted molar refractivity (Wildman–Crippen MR) is 160 cm³/mol. The fourth-order valence-electron chi connectivity index (χ4n) is 4.41. The van der Waals surface area contributed by atoms with E-state index in [-0.39, 0.29) is 23.5 Å². The van der Waals surface area contributed by atoms with Crippen molar-refractivity contribution in [1.29, 1.82) is 0 Å². The zero-order valence-corrected chi connectivity index (χ0v) is 23.0. The summed E-state index contributed by atoms with van der Waals surface area (Å²) in [5.74, 6) is 5.75. The van der Waals surface area contributed by atoms with Crippen molar-refractivity contribution in [2.24, 2.45) is 11.5 Å². The molecule has 43 heavy (non-hydrogen) atoms. The van der Waals surface area contributed by atoms with E-state index in [1.807, 2.05) is 49.4 Å².